The second-order valence-corrected chi connectivity index (χ2v) is 14.9. The standard InChI is InChI=1S/C31H39NO5Si/c1-30(2,3)22-17-25(37-38(6)7)20-16-23-21-12-13-24(35-29(33)18-8-10-19(34-5)11-9-18)28-31(21,14-15-32(23)4)26(20)27(22)36-28/h8-13,17,21,23-24,28,38H,14-16H2,1-7H3/t21-,23+,24-,28-,31-/m0/s1. The minimum Gasteiger partial charge on any atom is -0.547 e. The van der Waals surface area contributed by atoms with E-state index in [2.05, 4.69) is 64.0 Å². The van der Waals surface area contributed by atoms with Crippen LogP contribution < -0.4 is 13.9 Å². The SMILES string of the molecule is COc1ccc(C(=O)O[C@H]2C=C[C@H]3[C@H]4Cc5c(O[SiH](C)C)cc(C(C)(C)C)c6c5[C@@]3(CCN4C)[C@H]2O6)cc1. The third kappa shape index (κ3) is 3.73. The van der Waals surface area contributed by atoms with Crippen LogP contribution in [0.25, 0.3) is 0 Å². The highest BCUT2D eigenvalue weighted by molar-refractivity contribution is 6.49. The number of esters is 1. The molecule has 2 aliphatic heterocycles. The number of hydrogen-bond acceptors (Lipinski definition) is 6. The summed E-state index contributed by atoms with van der Waals surface area (Å²) in [4.78, 5) is 15.8. The molecule has 2 aromatic carbocycles. The van der Waals surface area contributed by atoms with Gasteiger partial charge in [0.25, 0.3) is 0 Å². The van der Waals surface area contributed by atoms with E-state index >= 15 is 0 Å². The Morgan fingerprint density at radius 2 is 1.89 bits per heavy atom. The number of carbonyl (C=O) groups is 1. The Kier molecular flexibility index (Phi) is 5.96. The number of benzene rings is 2. The Hall–Kier alpha value is -2.77. The summed E-state index contributed by atoms with van der Waals surface area (Å²) in [6, 6.07) is 9.68. The molecule has 2 aromatic rings. The van der Waals surface area contributed by atoms with Gasteiger partial charge in [0.2, 0.25) is 9.04 Å². The predicted molar refractivity (Wildman–Crippen MR) is 150 cm³/mol. The molecular formula is C31H39NO5Si. The van der Waals surface area contributed by atoms with Gasteiger partial charge in [0.15, 0.2) is 6.10 Å². The molecule has 4 aliphatic rings. The Morgan fingerprint density at radius 1 is 1.16 bits per heavy atom. The molecule has 6 rings (SSSR count). The molecule has 5 atom stereocenters. The number of piperidine rings is 1. The van der Waals surface area contributed by atoms with Crippen LogP contribution in [0, 0.1) is 5.92 Å². The van der Waals surface area contributed by atoms with Crippen molar-refractivity contribution >= 4 is 15.0 Å². The van der Waals surface area contributed by atoms with Gasteiger partial charge >= 0.3 is 5.97 Å². The summed E-state index contributed by atoms with van der Waals surface area (Å²) < 4.78 is 25.1. The average Bonchev–Trinajstić information content (AvgIpc) is 3.21. The maximum Gasteiger partial charge on any atom is 0.338 e. The van der Waals surface area contributed by atoms with E-state index in [9.17, 15) is 4.79 Å². The summed E-state index contributed by atoms with van der Waals surface area (Å²) in [6.45, 7) is 12.2. The second-order valence-electron chi connectivity index (χ2n) is 12.6. The van der Waals surface area contributed by atoms with Crippen LogP contribution in [0.15, 0.2) is 42.5 Å². The van der Waals surface area contributed by atoms with Crippen LogP contribution in [0.4, 0.5) is 0 Å². The Bertz CT molecular complexity index is 1300. The van der Waals surface area contributed by atoms with Crippen LogP contribution in [-0.2, 0) is 22.0 Å². The Morgan fingerprint density at radius 3 is 2.55 bits per heavy atom. The minimum atomic E-state index is -1.33. The lowest BCUT2D eigenvalue weighted by Crippen LogP contribution is -2.65. The van der Waals surface area contributed by atoms with Crippen LogP contribution in [0.2, 0.25) is 13.1 Å². The fourth-order valence-electron chi connectivity index (χ4n) is 7.22. The molecule has 2 heterocycles. The number of methoxy groups -OCH3 is 1. The highest BCUT2D eigenvalue weighted by Gasteiger charge is 2.65. The monoisotopic (exact) mass is 533 g/mol. The first kappa shape index (κ1) is 25.5. The molecule has 0 aromatic heterocycles. The molecule has 6 nitrogen and oxygen atoms in total. The first-order chi connectivity index (χ1) is 18.0. The largest absolute Gasteiger partial charge is 0.547 e. The molecular weight excluding hydrogens is 494 g/mol. The molecule has 1 fully saturated rings. The van der Waals surface area contributed by atoms with Crippen LogP contribution in [0.5, 0.6) is 17.2 Å². The highest BCUT2D eigenvalue weighted by atomic mass is 28.3. The van der Waals surface area contributed by atoms with E-state index in [0.717, 1.165) is 30.9 Å². The zero-order valence-electron chi connectivity index (χ0n) is 23.5. The summed E-state index contributed by atoms with van der Waals surface area (Å²) in [6.07, 6.45) is 5.56. The van der Waals surface area contributed by atoms with Crippen molar-refractivity contribution in [1.29, 1.82) is 0 Å². The van der Waals surface area contributed by atoms with E-state index in [1.807, 2.05) is 0 Å². The summed E-state index contributed by atoms with van der Waals surface area (Å²) in [5, 5.41) is 0. The van der Waals surface area contributed by atoms with E-state index in [4.69, 9.17) is 18.6 Å². The number of hydrogen-bond donors (Lipinski definition) is 0. The number of nitrogens with zero attached hydrogens (tertiary/aromatic N) is 1. The lowest BCUT2D eigenvalue weighted by molar-refractivity contribution is -0.0556. The topological polar surface area (TPSA) is 57.2 Å². The van der Waals surface area contributed by atoms with Gasteiger partial charge in [0.05, 0.1) is 12.7 Å². The molecule has 0 unspecified atom stereocenters. The van der Waals surface area contributed by atoms with Crippen molar-refractivity contribution < 1.29 is 23.4 Å². The zero-order chi connectivity index (χ0) is 27.0. The molecule has 38 heavy (non-hydrogen) atoms. The first-order valence-corrected chi connectivity index (χ1v) is 16.6. The molecule has 0 saturated carbocycles. The van der Waals surface area contributed by atoms with Crippen LogP contribution >= 0.6 is 0 Å². The molecule has 7 heteroatoms. The number of likely N-dealkylation sites (tertiary alicyclic amines) is 1. The second kappa shape index (κ2) is 8.88. The lowest BCUT2D eigenvalue weighted by atomic mass is 9.53. The quantitative estimate of drug-likeness (QED) is 0.305. The van der Waals surface area contributed by atoms with Gasteiger partial charge < -0.3 is 23.5 Å². The molecule has 0 N–H and O–H groups in total. The maximum atomic E-state index is 13.3. The average molecular weight is 534 g/mol. The predicted octanol–water partition coefficient (Wildman–Crippen LogP) is 5.03. The molecule has 202 valence electrons. The number of likely N-dealkylation sites (N-methyl/N-ethyl adjacent to an activating group) is 1. The van der Waals surface area contributed by atoms with E-state index in [1.165, 1.54) is 16.7 Å². The van der Waals surface area contributed by atoms with Crippen LogP contribution in [0.3, 0.4) is 0 Å². The summed E-state index contributed by atoms with van der Waals surface area (Å²) >= 11 is 0. The van der Waals surface area contributed by atoms with Gasteiger partial charge in [-0.25, -0.2) is 4.79 Å². The number of carbonyl (C=O) groups excluding carboxylic acids is 1. The lowest BCUT2D eigenvalue weighted by Gasteiger charge is -2.56. The Labute approximate surface area is 227 Å². The van der Waals surface area contributed by atoms with Gasteiger partial charge in [-0.05, 0) is 81.4 Å². The van der Waals surface area contributed by atoms with Gasteiger partial charge in [0.1, 0.15) is 23.4 Å². The van der Waals surface area contributed by atoms with Gasteiger partial charge in [-0.1, -0.05) is 26.8 Å². The summed E-state index contributed by atoms with van der Waals surface area (Å²) in [5.41, 5.74) is 3.96. The molecule has 0 amide bonds. The van der Waals surface area contributed by atoms with Gasteiger partial charge in [0, 0.05) is 34.1 Å². The smallest absolute Gasteiger partial charge is 0.338 e. The summed E-state index contributed by atoms with van der Waals surface area (Å²) in [5.74, 6) is 2.70. The Balaban J connectivity index is 1.47. The van der Waals surface area contributed by atoms with E-state index in [0.29, 0.717) is 23.3 Å². The number of ether oxygens (including phenoxy) is 3. The third-order valence-corrected chi connectivity index (χ3v) is 9.70. The fourth-order valence-corrected chi connectivity index (χ4v) is 7.94. The van der Waals surface area contributed by atoms with Crippen molar-refractivity contribution in [3.05, 3.63) is 64.7 Å². The normalized spacial score (nSPS) is 29.1. The van der Waals surface area contributed by atoms with E-state index < -0.39 is 15.1 Å². The molecule has 0 radical (unpaired) electrons. The highest BCUT2D eigenvalue weighted by Crippen LogP contribution is 2.64. The maximum absolute atomic E-state index is 13.3. The van der Waals surface area contributed by atoms with Crippen molar-refractivity contribution in [2.45, 2.75) is 75.8 Å². The first-order valence-electron chi connectivity index (χ1n) is 13.8. The van der Waals surface area contributed by atoms with Gasteiger partial charge in [-0.3, -0.25) is 0 Å². The van der Waals surface area contributed by atoms with E-state index in [-0.39, 0.29) is 22.9 Å². The van der Waals surface area contributed by atoms with Crippen molar-refractivity contribution in [3.63, 3.8) is 0 Å². The van der Waals surface area contributed by atoms with Crippen LogP contribution in [-0.4, -0.2) is 58.9 Å². The van der Waals surface area contributed by atoms with Crippen molar-refractivity contribution in [2.24, 2.45) is 5.92 Å². The molecule has 1 saturated heterocycles. The van der Waals surface area contributed by atoms with Crippen molar-refractivity contribution in [3.8, 4) is 17.2 Å². The zero-order valence-corrected chi connectivity index (χ0v) is 24.7. The van der Waals surface area contributed by atoms with E-state index in [1.54, 1.807) is 31.4 Å². The fraction of sp³-hybridized carbons (Fsp3) is 0.516. The number of rotatable bonds is 5. The summed E-state index contributed by atoms with van der Waals surface area (Å²) in [7, 11) is 2.52. The van der Waals surface area contributed by atoms with Gasteiger partial charge in [-0.2, -0.15) is 0 Å². The molecule has 2 aliphatic carbocycles. The van der Waals surface area contributed by atoms with Crippen LogP contribution in [0.1, 0.15) is 54.2 Å². The van der Waals surface area contributed by atoms with Crippen molar-refractivity contribution in [2.75, 3.05) is 20.7 Å². The minimum absolute atomic E-state index is 0.119. The molecule has 1 spiro atoms. The third-order valence-electron chi connectivity index (χ3n) is 8.98. The van der Waals surface area contributed by atoms with Crippen molar-refractivity contribution in [1.82, 2.24) is 4.90 Å². The molecule has 2 bridgehead atoms. The van der Waals surface area contributed by atoms with Gasteiger partial charge in [-0.15, -0.1) is 0 Å².